The minimum absolute atomic E-state index is 0.000130. The Balaban J connectivity index is 0.000000413. The summed E-state index contributed by atoms with van der Waals surface area (Å²) in [6.07, 6.45) is 5.62. The van der Waals surface area contributed by atoms with Gasteiger partial charge in [-0.05, 0) is 62.3 Å². The normalized spacial score (nSPS) is 25.9. The van der Waals surface area contributed by atoms with Gasteiger partial charge in [-0.25, -0.2) is 28.0 Å². The molecule has 4 aromatic rings. The van der Waals surface area contributed by atoms with Crippen LogP contribution in [0.25, 0.3) is 32.1 Å². The lowest BCUT2D eigenvalue weighted by molar-refractivity contribution is -0.0490. The number of alkyl halides is 2. The van der Waals surface area contributed by atoms with Gasteiger partial charge in [-0.15, -0.1) is 11.3 Å². The maximum atomic E-state index is 16.7. The largest absolute Gasteiger partial charge is 0.467 e. The summed E-state index contributed by atoms with van der Waals surface area (Å²) in [7, 11) is 1.39. The second-order valence-electron chi connectivity index (χ2n) is 15.0. The zero-order valence-corrected chi connectivity index (χ0v) is 32.7. The number of nitrogens with one attached hydrogen (secondary N) is 1. The zero-order valence-electron chi connectivity index (χ0n) is 30.3. The molecule has 0 aliphatic carbocycles. The fourth-order valence-electron chi connectivity index (χ4n) is 8.90. The summed E-state index contributed by atoms with van der Waals surface area (Å²) in [5.74, 6) is -0.758. The highest BCUT2D eigenvalue weighted by atomic mass is 35.5. The van der Waals surface area contributed by atoms with Gasteiger partial charge in [0, 0.05) is 48.1 Å². The van der Waals surface area contributed by atoms with E-state index in [2.05, 4.69) is 39.1 Å². The summed E-state index contributed by atoms with van der Waals surface area (Å²) in [5.41, 5.74) is 7.78. The molecule has 55 heavy (non-hydrogen) atoms. The number of methoxy groups -OCH3 is 1. The van der Waals surface area contributed by atoms with Crippen LogP contribution < -0.4 is 20.8 Å². The molecule has 0 bridgehead atoms. The molecule has 3 N–H and O–H groups in total. The number of nitriles is 1. The number of aromatic nitrogens is 2. The van der Waals surface area contributed by atoms with E-state index in [1.54, 1.807) is 6.07 Å². The van der Waals surface area contributed by atoms with Crippen LogP contribution in [0.3, 0.4) is 0 Å². The highest BCUT2D eigenvalue weighted by molar-refractivity contribution is 7.23. The Morgan fingerprint density at radius 3 is 2.75 bits per heavy atom. The standard InChI is InChI=1S/C30H27Cl2F2N9O2S.C7H12FN/c1-13(2)19-9-30(43(19)29(44)42-12-37-27(32)40-42)6-7-41(11-30)26-15-8-17(31)21(22(34)23(15)38-28(39-26)45-3)14-4-5-18(33)24-20(14)16(10-35)25(36)46-24;8-6-4-7-2-1-3-9(7)5-6/h4-5,8,12-13,19,27,40H,6-7,9,11,36H2,1-3H3;6-7H,1-5H2/t19?,27?,30-;/m1./s1. The number of hydrazine groups is 1. The van der Waals surface area contributed by atoms with Gasteiger partial charge in [-0.3, -0.25) is 4.90 Å². The van der Waals surface area contributed by atoms with E-state index in [1.807, 2.05) is 15.9 Å². The number of nitrogen functional groups attached to an aromatic ring is 1. The van der Waals surface area contributed by atoms with Crippen molar-refractivity contribution < 1.29 is 22.7 Å². The number of fused-ring (bicyclic) bond motifs is 3. The topological polar surface area (TPSA) is 139 Å². The minimum Gasteiger partial charge on any atom is -0.467 e. The quantitative estimate of drug-likeness (QED) is 0.161. The Morgan fingerprint density at radius 2 is 2.05 bits per heavy atom. The van der Waals surface area contributed by atoms with Crippen molar-refractivity contribution in [2.45, 2.75) is 75.4 Å². The minimum atomic E-state index is -0.782. The Morgan fingerprint density at radius 1 is 1.25 bits per heavy atom. The number of likely N-dealkylation sites (tertiary alicyclic amines) is 1. The molecule has 2 amide bonds. The van der Waals surface area contributed by atoms with Crippen LogP contribution in [0.15, 0.2) is 23.2 Å². The zero-order chi connectivity index (χ0) is 38.9. The van der Waals surface area contributed by atoms with Gasteiger partial charge in [-0.2, -0.15) is 20.7 Å². The van der Waals surface area contributed by atoms with Crippen LogP contribution in [0.4, 0.5) is 28.8 Å². The number of aliphatic imine (C=N–C) groups is 1. The van der Waals surface area contributed by atoms with Crippen LogP contribution in [0.1, 0.15) is 51.5 Å². The third-order valence-corrected chi connectivity index (χ3v) is 13.0. The molecule has 1 spiro atoms. The second kappa shape index (κ2) is 14.4. The van der Waals surface area contributed by atoms with Crippen LogP contribution in [-0.4, -0.2) is 99.9 Å². The molecule has 4 fully saturated rings. The summed E-state index contributed by atoms with van der Waals surface area (Å²) >= 11 is 13.8. The van der Waals surface area contributed by atoms with Gasteiger partial charge in [0.2, 0.25) is 0 Å². The molecule has 4 saturated heterocycles. The predicted molar refractivity (Wildman–Crippen MR) is 208 cm³/mol. The number of hydrogen-bond acceptors (Lipinski definition) is 11. The maximum absolute atomic E-state index is 16.7. The SMILES string of the molecule is COc1nc(N2CC[C@@]3(CC(C(C)C)N3C(=O)N3C=NC(Cl)N3)C2)c2cc(Cl)c(-c3ccc(F)c4sc(N)c(C#N)c34)c(F)c2n1.FC1CC2CCCN2C1. The van der Waals surface area contributed by atoms with Crippen LogP contribution in [0.2, 0.25) is 5.02 Å². The van der Waals surface area contributed by atoms with Gasteiger partial charge in [0.1, 0.15) is 40.7 Å². The van der Waals surface area contributed by atoms with Gasteiger partial charge in [0.15, 0.2) is 11.4 Å². The summed E-state index contributed by atoms with van der Waals surface area (Å²) in [6.45, 7) is 6.94. The summed E-state index contributed by atoms with van der Waals surface area (Å²) in [6, 6.07) is 6.44. The molecule has 18 heteroatoms. The second-order valence-corrected chi connectivity index (χ2v) is 16.9. The number of anilines is 2. The lowest BCUT2D eigenvalue weighted by atomic mass is 9.73. The van der Waals surface area contributed by atoms with E-state index in [0.29, 0.717) is 43.3 Å². The van der Waals surface area contributed by atoms with E-state index >= 15 is 4.39 Å². The third kappa shape index (κ3) is 6.37. The first-order valence-corrected chi connectivity index (χ1v) is 19.8. The first kappa shape index (κ1) is 37.8. The van der Waals surface area contributed by atoms with E-state index in [4.69, 9.17) is 33.7 Å². The van der Waals surface area contributed by atoms with Crippen LogP contribution >= 0.6 is 34.5 Å². The number of nitrogens with zero attached hydrogens (tertiary/aromatic N) is 8. The van der Waals surface area contributed by atoms with Crippen LogP contribution in [0.5, 0.6) is 6.01 Å². The van der Waals surface area contributed by atoms with E-state index in [0.717, 1.165) is 30.7 Å². The van der Waals surface area contributed by atoms with Gasteiger partial charge in [0.25, 0.3) is 0 Å². The molecule has 0 radical (unpaired) electrons. The lowest BCUT2D eigenvalue weighted by Crippen LogP contribution is -2.72. The number of carbonyl (C=O) groups is 1. The molecule has 2 aromatic heterocycles. The molecule has 290 valence electrons. The van der Waals surface area contributed by atoms with Crippen molar-refractivity contribution in [2.75, 3.05) is 43.9 Å². The Hall–Kier alpha value is -4.14. The average molecular weight is 816 g/mol. The number of thiophene rings is 1. The smallest absolute Gasteiger partial charge is 0.340 e. The number of amides is 2. The van der Waals surface area contributed by atoms with Crippen molar-refractivity contribution in [3.8, 4) is 23.2 Å². The summed E-state index contributed by atoms with van der Waals surface area (Å²) in [4.78, 5) is 32.8. The maximum Gasteiger partial charge on any atom is 0.340 e. The Kier molecular flexibility index (Phi) is 9.90. The fraction of sp³-hybridized carbons (Fsp3) is 0.486. The van der Waals surface area contributed by atoms with Crippen molar-refractivity contribution in [3.63, 3.8) is 0 Å². The Labute approximate surface area is 329 Å². The third-order valence-electron chi connectivity index (χ3n) is 11.5. The number of benzene rings is 2. The van der Waals surface area contributed by atoms with Crippen molar-refractivity contribution in [1.29, 1.82) is 5.26 Å². The Bertz CT molecular complexity index is 2260. The number of nitrogens with two attached hydrogens (primary N) is 1. The monoisotopic (exact) mass is 814 g/mol. The van der Waals surface area contributed by atoms with E-state index < -0.39 is 29.0 Å². The first-order valence-electron chi connectivity index (χ1n) is 18.2. The molecule has 2 aromatic carbocycles. The molecular formula is C37H39Cl2F3N10O2S. The van der Waals surface area contributed by atoms with Gasteiger partial charge in [0.05, 0.1) is 27.9 Å². The van der Waals surface area contributed by atoms with Crippen molar-refractivity contribution in [3.05, 3.63) is 40.4 Å². The van der Waals surface area contributed by atoms with Crippen molar-refractivity contribution in [2.24, 2.45) is 10.9 Å². The number of halogens is 5. The summed E-state index contributed by atoms with van der Waals surface area (Å²) < 4.78 is 49.6. The van der Waals surface area contributed by atoms with Gasteiger partial charge in [-0.1, -0.05) is 43.1 Å². The molecule has 9 rings (SSSR count). The molecule has 5 aliphatic heterocycles. The number of rotatable bonds is 4. The summed E-state index contributed by atoms with van der Waals surface area (Å²) in [5, 5.41) is 11.7. The van der Waals surface area contributed by atoms with E-state index in [9.17, 15) is 18.8 Å². The highest BCUT2D eigenvalue weighted by Crippen LogP contribution is 2.50. The first-order chi connectivity index (χ1) is 26.3. The molecular weight excluding hydrogens is 776 g/mol. The van der Waals surface area contributed by atoms with Gasteiger partial charge >= 0.3 is 12.0 Å². The molecule has 12 nitrogen and oxygen atoms in total. The van der Waals surface area contributed by atoms with E-state index in [1.165, 1.54) is 43.4 Å². The molecule has 0 saturated carbocycles. The lowest BCUT2D eigenvalue weighted by Gasteiger charge is -2.58. The van der Waals surface area contributed by atoms with Gasteiger partial charge < -0.3 is 20.3 Å². The fourth-order valence-corrected chi connectivity index (χ4v) is 10.3. The van der Waals surface area contributed by atoms with E-state index in [-0.39, 0.29) is 66.3 Å². The van der Waals surface area contributed by atoms with Crippen molar-refractivity contribution in [1.82, 2.24) is 30.2 Å². The molecule has 4 unspecified atom stereocenters. The average Bonchev–Trinajstić information content (AvgIpc) is 3.98. The van der Waals surface area contributed by atoms with Crippen molar-refractivity contribution >= 4 is 78.7 Å². The number of hydrogen-bond donors (Lipinski definition) is 2. The predicted octanol–water partition coefficient (Wildman–Crippen LogP) is 7.27. The molecule has 5 atom stereocenters. The number of urea groups is 1. The highest BCUT2D eigenvalue weighted by Gasteiger charge is 2.59. The molecule has 7 heterocycles. The number of ether oxygens (including phenoxy) is 1. The van der Waals surface area contributed by atoms with Crippen LogP contribution in [0, 0.1) is 28.9 Å². The van der Waals surface area contributed by atoms with Crippen LogP contribution in [-0.2, 0) is 0 Å². The number of carbonyl (C=O) groups excluding carboxylic acids is 1. The molecule has 5 aliphatic rings.